The minimum absolute atomic E-state index is 0.0692. The van der Waals surface area contributed by atoms with Crippen molar-refractivity contribution >= 4 is 0 Å². The fourth-order valence-electron chi connectivity index (χ4n) is 12.0. The molecule has 5 rings (SSSR count). The molecule has 1 aliphatic heterocycles. The lowest BCUT2D eigenvalue weighted by molar-refractivity contribution is -0.336. The summed E-state index contributed by atoms with van der Waals surface area (Å²) < 4.78 is 12.6. The summed E-state index contributed by atoms with van der Waals surface area (Å²) in [5, 5.41) is 76.9. The van der Waals surface area contributed by atoms with Gasteiger partial charge in [0.25, 0.3) is 0 Å². The zero-order valence-corrected chi connectivity index (χ0v) is 28.8. The average molecular weight is 639 g/mol. The summed E-state index contributed by atoms with van der Waals surface area (Å²) in [6.07, 6.45) is -0.678. The van der Waals surface area contributed by atoms with Crippen molar-refractivity contribution in [3.63, 3.8) is 0 Å². The first kappa shape index (κ1) is 35.7. The Morgan fingerprint density at radius 1 is 0.889 bits per heavy atom. The first-order chi connectivity index (χ1) is 20.8. The quantitative estimate of drug-likeness (QED) is 0.208. The van der Waals surface area contributed by atoms with Gasteiger partial charge in [-0.1, -0.05) is 46.3 Å². The van der Waals surface area contributed by atoms with Gasteiger partial charge in [0.05, 0.1) is 30.5 Å². The second-order valence-electron chi connectivity index (χ2n) is 17.4. The molecule has 0 aromatic carbocycles. The monoisotopic (exact) mass is 638 g/mol. The lowest BCUT2D eigenvalue weighted by Gasteiger charge is -2.71. The maximum Gasteiger partial charge on any atom is 0.187 e. The van der Waals surface area contributed by atoms with E-state index in [1.807, 2.05) is 20.8 Å². The summed E-state index contributed by atoms with van der Waals surface area (Å²) in [5.41, 5.74) is -0.944. The van der Waals surface area contributed by atoms with Crippen molar-refractivity contribution in [1.82, 2.24) is 0 Å². The number of aliphatic hydroxyl groups excluding tert-OH is 7. The van der Waals surface area contributed by atoms with Crippen LogP contribution in [0.15, 0.2) is 11.6 Å². The summed E-state index contributed by atoms with van der Waals surface area (Å²) in [6.45, 7) is 16.7. The summed E-state index contributed by atoms with van der Waals surface area (Å²) in [4.78, 5) is 0. The molecule has 5 aliphatic rings. The van der Waals surface area contributed by atoms with Gasteiger partial charge in [-0.05, 0) is 117 Å². The van der Waals surface area contributed by atoms with Gasteiger partial charge in [0, 0.05) is 0 Å². The van der Waals surface area contributed by atoms with Crippen LogP contribution in [0.3, 0.4) is 0 Å². The van der Waals surface area contributed by atoms with Crippen LogP contribution in [0, 0.1) is 45.3 Å². The molecule has 16 atom stereocenters. The van der Waals surface area contributed by atoms with E-state index in [-0.39, 0.29) is 39.9 Å². The van der Waals surface area contributed by atoms with E-state index < -0.39 is 66.6 Å². The summed E-state index contributed by atoms with van der Waals surface area (Å²) >= 11 is 0. The molecule has 0 amide bonds. The predicted octanol–water partition coefficient (Wildman–Crippen LogP) is 3.30. The van der Waals surface area contributed by atoms with Gasteiger partial charge in [-0.2, -0.15) is 0 Å². The number of allylic oxidation sites excluding steroid dienone is 2. The van der Waals surface area contributed by atoms with E-state index in [1.54, 1.807) is 0 Å². The third kappa shape index (κ3) is 5.39. The van der Waals surface area contributed by atoms with Crippen LogP contribution in [0.5, 0.6) is 0 Å². The molecule has 1 heterocycles. The second-order valence-corrected chi connectivity index (χ2v) is 17.4. The van der Waals surface area contributed by atoms with Crippen molar-refractivity contribution in [2.45, 2.75) is 161 Å². The Kier molecular flexibility index (Phi) is 9.56. The summed E-state index contributed by atoms with van der Waals surface area (Å²) in [7, 11) is 0. The zero-order chi connectivity index (χ0) is 33.5. The van der Waals surface area contributed by atoms with Gasteiger partial charge >= 0.3 is 0 Å². The molecular formula is C36H62O9. The average Bonchev–Trinajstić information content (AvgIpc) is 3.33. The van der Waals surface area contributed by atoms with Crippen LogP contribution >= 0.6 is 0 Å². The summed E-state index contributed by atoms with van der Waals surface area (Å²) in [6, 6.07) is 0. The number of rotatable bonds is 7. The van der Waals surface area contributed by atoms with Crippen molar-refractivity contribution in [2.24, 2.45) is 45.3 Å². The van der Waals surface area contributed by atoms with Gasteiger partial charge in [-0.25, -0.2) is 0 Å². The number of ether oxygens (including phenoxy) is 2. The standard InChI is InChI=1S/C36H62O9/c1-19(2)10-9-13-36(8,45-31-29(43)28(42)27(41)23(18-37)44-31)20-11-15-34(6)26(20)21(38)16-24-33(5)14-12-25(40)32(3,4)30(33)22(39)17-35(24,34)7/h10,20-31,37-43H,9,11-18H2,1-8H3/t20-,21+,22-,23+,24+,25-,26-,27+,28+,29-,30-,31-,33+,34+,35+,36-/m0/s1. The highest BCUT2D eigenvalue weighted by Gasteiger charge is 2.73. The highest BCUT2D eigenvalue weighted by molar-refractivity contribution is 5.21. The normalized spacial score (nSPS) is 52.2. The molecule has 0 unspecified atom stereocenters. The van der Waals surface area contributed by atoms with E-state index in [0.29, 0.717) is 32.1 Å². The Morgan fingerprint density at radius 3 is 2.18 bits per heavy atom. The van der Waals surface area contributed by atoms with Gasteiger partial charge in [-0.3, -0.25) is 0 Å². The lowest BCUT2D eigenvalue weighted by atomic mass is 9.34. The molecule has 7 N–H and O–H groups in total. The van der Waals surface area contributed by atoms with Crippen LogP contribution in [-0.2, 0) is 9.47 Å². The Morgan fingerprint density at radius 2 is 1.56 bits per heavy atom. The van der Waals surface area contributed by atoms with E-state index in [1.165, 1.54) is 5.57 Å². The van der Waals surface area contributed by atoms with Crippen molar-refractivity contribution in [1.29, 1.82) is 0 Å². The maximum absolute atomic E-state index is 12.2. The molecule has 9 heteroatoms. The first-order valence-corrected chi connectivity index (χ1v) is 17.4. The molecular weight excluding hydrogens is 576 g/mol. The Labute approximate surface area is 270 Å². The molecule has 5 fully saturated rings. The minimum atomic E-state index is -1.53. The van der Waals surface area contributed by atoms with Crippen LogP contribution < -0.4 is 0 Å². The molecule has 0 aromatic rings. The van der Waals surface area contributed by atoms with Crippen molar-refractivity contribution < 1.29 is 45.2 Å². The molecule has 4 saturated carbocycles. The van der Waals surface area contributed by atoms with Crippen LogP contribution in [-0.4, -0.2) is 97.0 Å². The Bertz CT molecular complexity index is 1110. The van der Waals surface area contributed by atoms with Crippen LogP contribution in [0.25, 0.3) is 0 Å². The van der Waals surface area contributed by atoms with Crippen LogP contribution in [0.2, 0.25) is 0 Å². The molecule has 0 bridgehead atoms. The molecule has 1 saturated heterocycles. The minimum Gasteiger partial charge on any atom is -0.394 e. The maximum atomic E-state index is 12.2. The van der Waals surface area contributed by atoms with Crippen molar-refractivity contribution in [3.8, 4) is 0 Å². The van der Waals surface area contributed by atoms with Crippen LogP contribution in [0.1, 0.15) is 107 Å². The molecule has 9 nitrogen and oxygen atoms in total. The molecule has 0 radical (unpaired) electrons. The van der Waals surface area contributed by atoms with E-state index in [2.05, 4.69) is 40.7 Å². The van der Waals surface area contributed by atoms with Crippen molar-refractivity contribution in [3.05, 3.63) is 11.6 Å². The third-order valence-corrected chi connectivity index (χ3v) is 14.5. The fourth-order valence-corrected chi connectivity index (χ4v) is 12.0. The molecule has 45 heavy (non-hydrogen) atoms. The molecule has 260 valence electrons. The van der Waals surface area contributed by atoms with E-state index >= 15 is 0 Å². The SMILES string of the molecule is CC(C)=CCC[C@](C)(O[C@@H]1O[C@H](CO)[C@@H](O)[C@@H](O)[C@@H]1O)[C@H]1CC[C@]2(C)[C@@H]1[C@H](O)C[C@@H]1[C@@]3(C)CC[C@H](O)C(C)(C)[C@@H]3[C@@H](O)C[C@]12C. The van der Waals surface area contributed by atoms with Crippen LogP contribution in [0.4, 0.5) is 0 Å². The lowest BCUT2D eigenvalue weighted by Crippen LogP contribution is -2.70. The van der Waals surface area contributed by atoms with Crippen molar-refractivity contribution in [2.75, 3.05) is 6.61 Å². The smallest absolute Gasteiger partial charge is 0.187 e. The van der Waals surface area contributed by atoms with E-state index in [0.717, 1.165) is 19.3 Å². The molecule has 0 aromatic heterocycles. The molecule has 0 spiro atoms. The number of hydrogen-bond acceptors (Lipinski definition) is 9. The third-order valence-electron chi connectivity index (χ3n) is 14.5. The Balaban J connectivity index is 1.51. The van der Waals surface area contributed by atoms with Gasteiger partial charge in [-0.15, -0.1) is 0 Å². The predicted molar refractivity (Wildman–Crippen MR) is 170 cm³/mol. The van der Waals surface area contributed by atoms with E-state index in [9.17, 15) is 35.7 Å². The largest absolute Gasteiger partial charge is 0.394 e. The second kappa shape index (κ2) is 12.1. The fraction of sp³-hybridized carbons (Fsp3) is 0.944. The number of hydrogen-bond donors (Lipinski definition) is 7. The van der Waals surface area contributed by atoms with Gasteiger partial charge in [0.15, 0.2) is 6.29 Å². The first-order valence-electron chi connectivity index (χ1n) is 17.4. The highest BCUT2D eigenvalue weighted by atomic mass is 16.7. The number of aliphatic hydroxyl groups is 7. The zero-order valence-electron chi connectivity index (χ0n) is 28.8. The van der Waals surface area contributed by atoms with Gasteiger partial charge in [0.2, 0.25) is 0 Å². The Hall–Kier alpha value is -0.620. The molecule has 4 aliphatic carbocycles. The summed E-state index contributed by atoms with van der Waals surface area (Å²) in [5.74, 6) is -0.154. The van der Waals surface area contributed by atoms with Gasteiger partial charge in [0.1, 0.15) is 24.4 Å². The van der Waals surface area contributed by atoms with E-state index in [4.69, 9.17) is 9.47 Å². The topological polar surface area (TPSA) is 160 Å². The van der Waals surface area contributed by atoms with Gasteiger partial charge < -0.3 is 45.2 Å². The number of fused-ring (bicyclic) bond motifs is 5. The highest BCUT2D eigenvalue weighted by Crippen LogP contribution is 2.76.